The molecule has 98 valence electrons. The van der Waals surface area contributed by atoms with Gasteiger partial charge in [0, 0.05) is 19.5 Å². The molecule has 1 aromatic rings. The fourth-order valence-corrected chi connectivity index (χ4v) is 1.49. The van der Waals surface area contributed by atoms with Gasteiger partial charge >= 0.3 is 0 Å². The van der Waals surface area contributed by atoms with Crippen LogP contribution >= 0.6 is 0 Å². The molecule has 0 fully saturated rings. The first-order valence-corrected chi connectivity index (χ1v) is 6.14. The molecule has 0 aliphatic carbocycles. The molecule has 1 aromatic heterocycles. The minimum absolute atomic E-state index is 0.471. The molecular formula is C12H20N6. The lowest BCUT2D eigenvalue weighted by atomic mass is 10.4. The Labute approximate surface area is 108 Å². The first kappa shape index (κ1) is 14.0. The largest absolute Gasteiger partial charge is 0.357 e. The standard InChI is InChI=1S/C12H20N6/c1-4-7-14-12(13-6-3)15-8-9-18-10-16-17-11(18)5-2/h1,10H,5-9H2,2-3H3,(H2,13,14,15). The third-order valence-electron chi connectivity index (χ3n) is 2.32. The lowest BCUT2D eigenvalue weighted by Gasteiger charge is -2.09. The second-order valence-electron chi connectivity index (χ2n) is 3.61. The van der Waals surface area contributed by atoms with Crippen molar-refractivity contribution in [1.29, 1.82) is 0 Å². The predicted molar refractivity (Wildman–Crippen MR) is 72.2 cm³/mol. The van der Waals surface area contributed by atoms with Crippen molar-refractivity contribution in [2.45, 2.75) is 26.8 Å². The quantitative estimate of drug-likeness (QED) is 0.423. The monoisotopic (exact) mass is 248 g/mol. The Bertz CT molecular complexity index is 414. The van der Waals surface area contributed by atoms with E-state index in [4.69, 9.17) is 6.42 Å². The summed E-state index contributed by atoms with van der Waals surface area (Å²) in [5, 5.41) is 14.1. The highest BCUT2D eigenvalue weighted by molar-refractivity contribution is 5.79. The van der Waals surface area contributed by atoms with Gasteiger partial charge in [-0.15, -0.1) is 16.6 Å². The van der Waals surface area contributed by atoms with Crippen molar-refractivity contribution < 1.29 is 0 Å². The van der Waals surface area contributed by atoms with Crippen LogP contribution in [0.2, 0.25) is 0 Å². The average molecular weight is 248 g/mol. The first-order chi connectivity index (χ1) is 8.81. The Kier molecular flexibility index (Phi) is 6.33. The Morgan fingerprint density at radius 1 is 1.50 bits per heavy atom. The van der Waals surface area contributed by atoms with Gasteiger partial charge in [-0.3, -0.25) is 4.99 Å². The molecule has 1 heterocycles. The zero-order valence-electron chi connectivity index (χ0n) is 11.0. The Morgan fingerprint density at radius 3 is 3.00 bits per heavy atom. The smallest absolute Gasteiger partial charge is 0.192 e. The van der Waals surface area contributed by atoms with Crippen LogP contribution in [0, 0.1) is 12.3 Å². The van der Waals surface area contributed by atoms with Gasteiger partial charge in [-0.25, -0.2) is 0 Å². The van der Waals surface area contributed by atoms with Gasteiger partial charge in [-0.1, -0.05) is 12.8 Å². The Hall–Kier alpha value is -2.03. The lowest BCUT2D eigenvalue weighted by Crippen LogP contribution is -2.37. The molecule has 0 spiro atoms. The van der Waals surface area contributed by atoms with Crippen molar-refractivity contribution in [3.63, 3.8) is 0 Å². The topological polar surface area (TPSA) is 67.1 Å². The summed E-state index contributed by atoms with van der Waals surface area (Å²) in [6.45, 7) is 6.78. The highest BCUT2D eigenvalue weighted by atomic mass is 15.3. The van der Waals surface area contributed by atoms with Gasteiger partial charge in [-0.05, 0) is 6.92 Å². The molecule has 0 aliphatic heterocycles. The van der Waals surface area contributed by atoms with E-state index in [9.17, 15) is 0 Å². The fraction of sp³-hybridized carbons (Fsp3) is 0.583. The summed E-state index contributed by atoms with van der Waals surface area (Å²) in [5.41, 5.74) is 0. The van der Waals surface area contributed by atoms with Crippen LogP contribution in [0.25, 0.3) is 0 Å². The van der Waals surface area contributed by atoms with Crippen LogP contribution in [0.3, 0.4) is 0 Å². The van der Waals surface area contributed by atoms with Gasteiger partial charge in [0.25, 0.3) is 0 Å². The molecule has 0 amide bonds. The third kappa shape index (κ3) is 4.45. The normalized spacial score (nSPS) is 11.1. The second-order valence-corrected chi connectivity index (χ2v) is 3.61. The van der Waals surface area contributed by atoms with Crippen molar-refractivity contribution >= 4 is 5.96 Å². The van der Waals surface area contributed by atoms with Crippen LogP contribution in [0.5, 0.6) is 0 Å². The summed E-state index contributed by atoms with van der Waals surface area (Å²) in [6.07, 6.45) is 7.81. The lowest BCUT2D eigenvalue weighted by molar-refractivity contribution is 0.662. The van der Waals surface area contributed by atoms with Crippen LogP contribution in [0.4, 0.5) is 0 Å². The minimum Gasteiger partial charge on any atom is -0.357 e. The van der Waals surface area contributed by atoms with E-state index < -0.39 is 0 Å². The van der Waals surface area contributed by atoms with Gasteiger partial charge in [0.15, 0.2) is 5.96 Å². The van der Waals surface area contributed by atoms with E-state index in [2.05, 4.69) is 38.7 Å². The van der Waals surface area contributed by atoms with Gasteiger partial charge in [0.05, 0.1) is 13.1 Å². The molecule has 0 aromatic carbocycles. The van der Waals surface area contributed by atoms with Gasteiger partial charge in [0.1, 0.15) is 12.2 Å². The molecule has 0 atom stereocenters. The molecular weight excluding hydrogens is 228 g/mol. The zero-order valence-corrected chi connectivity index (χ0v) is 11.0. The van der Waals surface area contributed by atoms with E-state index in [0.29, 0.717) is 13.1 Å². The maximum atomic E-state index is 5.20. The van der Waals surface area contributed by atoms with E-state index >= 15 is 0 Å². The van der Waals surface area contributed by atoms with E-state index in [1.54, 1.807) is 6.33 Å². The summed E-state index contributed by atoms with van der Waals surface area (Å²) < 4.78 is 2.01. The number of aryl methyl sites for hydroxylation is 1. The average Bonchev–Trinajstić information content (AvgIpc) is 2.83. The van der Waals surface area contributed by atoms with E-state index in [1.807, 2.05) is 11.5 Å². The Morgan fingerprint density at radius 2 is 2.33 bits per heavy atom. The van der Waals surface area contributed by atoms with E-state index in [1.165, 1.54) is 0 Å². The minimum atomic E-state index is 0.471. The van der Waals surface area contributed by atoms with Crippen LogP contribution < -0.4 is 10.6 Å². The number of nitrogens with zero attached hydrogens (tertiary/aromatic N) is 4. The van der Waals surface area contributed by atoms with Crippen LogP contribution in [-0.4, -0.2) is 40.4 Å². The fourth-order valence-electron chi connectivity index (χ4n) is 1.49. The molecule has 2 N–H and O–H groups in total. The van der Waals surface area contributed by atoms with Gasteiger partial charge in [0.2, 0.25) is 0 Å². The molecule has 18 heavy (non-hydrogen) atoms. The van der Waals surface area contributed by atoms with Crippen LogP contribution in [0.15, 0.2) is 11.3 Å². The molecule has 0 aliphatic rings. The first-order valence-electron chi connectivity index (χ1n) is 6.14. The van der Waals surface area contributed by atoms with Crippen molar-refractivity contribution in [1.82, 2.24) is 25.4 Å². The van der Waals surface area contributed by atoms with Crippen LogP contribution in [-0.2, 0) is 13.0 Å². The van der Waals surface area contributed by atoms with E-state index in [-0.39, 0.29) is 0 Å². The molecule has 0 saturated heterocycles. The number of aromatic nitrogens is 3. The molecule has 0 unspecified atom stereocenters. The SMILES string of the molecule is C#CCNC(=NCCn1cnnc1CC)NCC. The molecule has 0 radical (unpaired) electrons. The van der Waals surface area contributed by atoms with Gasteiger partial charge in [-0.2, -0.15) is 0 Å². The predicted octanol–water partition coefficient (Wildman–Crippen LogP) is 0.0288. The highest BCUT2D eigenvalue weighted by Crippen LogP contribution is 1.95. The number of aliphatic imine (C=N–C) groups is 1. The summed E-state index contributed by atoms with van der Waals surface area (Å²) >= 11 is 0. The number of rotatable bonds is 6. The molecule has 6 heteroatoms. The Balaban J connectivity index is 2.47. The summed E-state index contributed by atoms with van der Waals surface area (Å²) in [7, 11) is 0. The number of hydrogen-bond acceptors (Lipinski definition) is 3. The van der Waals surface area contributed by atoms with E-state index in [0.717, 1.165) is 31.3 Å². The molecule has 1 rings (SSSR count). The maximum absolute atomic E-state index is 5.20. The number of guanidine groups is 1. The maximum Gasteiger partial charge on any atom is 0.192 e. The number of hydrogen-bond donors (Lipinski definition) is 2. The molecule has 0 bridgehead atoms. The number of terminal acetylenes is 1. The summed E-state index contributed by atoms with van der Waals surface area (Å²) in [6, 6.07) is 0. The molecule has 0 saturated carbocycles. The van der Waals surface area contributed by atoms with Crippen molar-refractivity contribution in [3.8, 4) is 12.3 Å². The van der Waals surface area contributed by atoms with Crippen molar-refractivity contribution in [3.05, 3.63) is 12.2 Å². The zero-order chi connectivity index (χ0) is 13.2. The highest BCUT2D eigenvalue weighted by Gasteiger charge is 2.00. The molecule has 6 nitrogen and oxygen atoms in total. The third-order valence-corrected chi connectivity index (χ3v) is 2.32. The van der Waals surface area contributed by atoms with Crippen LogP contribution in [0.1, 0.15) is 19.7 Å². The summed E-state index contributed by atoms with van der Waals surface area (Å²) in [4.78, 5) is 4.42. The number of nitrogens with one attached hydrogen (secondary N) is 2. The van der Waals surface area contributed by atoms with Crippen molar-refractivity contribution in [2.75, 3.05) is 19.6 Å². The second kappa shape index (κ2) is 8.12. The van der Waals surface area contributed by atoms with Gasteiger partial charge < -0.3 is 15.2 Å². The summed E-state index contributed by atoms with van der Waals surface area (Å²) in [5.74, 6) is 4.24. The van der Waals surface area contributed by atoms with Crippen molar-refractivity contribution in [2.24, 2.45) is 4.99 Å².